The molecular weight excluding hydrogens is 318 g/mol. The number of nitrogens with two attached hydrogens (primary N) is 1. The van der Waals surface area contributed by atoms with E-state index in [0.717, 1.165) is 47.5 Å². The summed E-state index contributed by atoms with van der Waals surface area (Å²) in [7, 11) is 0. The number of amidine groups is 1. The standard InChI is InChI=1S/C19H23N3OS/c1-3-9-22(10-4-2)19(23)13-11-16-18(21-17(20)12-13)14-7-5-6-8-15(14)24-16/h5-8,11H,3-4,9-10,12H2,1-2H3,(H2,20,21). The van der Waals surface area contributed by atoms with Gasteiger partial charge in [0, 0.05) is 35.2 Å². The van der Waals surface area contributed by atoms with Crippen LogP contribution in [0.15, 0.2) is 34.8 Å². The maximum atomic E-state index is 13.0. The highest BCUT2D eigenvalue weighted by molar-refractivity contribution is 7.20. The highest BCUT2D eigenvalue weighted by Gasteiger charge is 2.22. The van der Waals surface area contributed by atoms with Gasteiger partial charge < -0.3 is 10.6 Å². The molecule has 5 heteroatoms. The van der Waals surface area contributed by atoms with Crippen LogP contribution >= 0.6 is 11.3 Å². The van der Waals surface area contributed by atoms with Crippen molar-refractivity contribution in [1.29, 1.82) is 0 Å². The predicted octanol–water partition coefficient (Wildman–Crippen LogP) is 4.33. The molecule has 1 aromatic heterocycles. The lowest BCUT2D eigenvalue weighted by atomic mass is 10.1. The number of carbonyl (C=O) groups is 1. The number of nitrogens with zero attached hydrogens (tertiary/aromatic N) is 2. The largest absolute Gasteiger partial charge is 0.387 e. The number of aliphatic imine (C=N–C) groups is 1. The van der Waals surface area contributed by atoms with Crippen LogP contribution in [0.5, 0.6) is 0 Å². The molecule has 126 valence electrons. The van der Waals surface area contributed by atoms with Crippen LogP contribution in [-0.2, 0) is 4.79 Å². The first kappa shape index (κ1) is 16.7. The number of amides is 1. The zero-order valence-corrected chi connectivity index (χ0v) is 15.0. The highest BCUT2D eigenvalue weighted by atomic mass is 32.1. The van der Waals surface area contributed by atoms with E-state index in [-0.39, 0.29) is 5.91 Å². The van der Waals surface area contributed by atoms with Crippen molar-refractivity contribution in [2.75, 3.05) is 13.1 Å². The van der Waals surface area contributed by atoms with E-state index in [2.05, 4.69) is 31.0 Å². The van der Waals surface area contributed by atoms with Crippen molar-refractivity contribution >= 4 is 44.9 Å². The van der Waals surface area contributed by atoms with E-state index >= 15 is 0 Å². The molecule has 0 fully saturated rings. The smallest absolute Gasteiger partial charge is 0.250 e. The van der Waals surface area contributed by atoms with Crippen molar-refractivity contribution in [2.24, 2.45) is 10.7 Å². The molecule has 1 amide bonds. The summed E-state index contributed by atoms with van der Waals surface area (Å²) in [6.45, 7) is 5.75. The second-order valence-corrected chi connectivity index (χ2v) is 7.14. The molecule has 2 N–H and O–H groups in total. The molecule has 3 rings (SSSR count). The van der Waals surface area contributed by atoms with Gasteiger partial charge in [-0.25, -0.2) is 4.99 Å². The number of thiophene rings is 1. The van der Waals surface area contributed by atoms with Crippen molar-refractivity contribution in [3.8, 4) is 0 Å². The van der Waals surface area contributed by atoms with E-state index < -0.39 is 0 Å². The minimum absolute atomic E-state index is 0.0853. The van der Waals surface area contributed by atoms with Crippen LogP contribution < -0.4 is 5.73 Å². The summed E-state index contributed by atoms with van der Waals surface area (Å²) < 4.78 is 1.17. The molecule has 4 nitrogen and oxygen atoms in total. The molecule has 1 aliphatic heterocycles. The van der Waals surface area contributed by atoms with Crippen LogP contribution in [0.1, 0.15) is 38.0 Å². The first-order valence-electron chi connectivity index (χ1n) is 8.48. The number of hydrogen-bond donors (Lipinski definition) is 1. The van der Waals surface area contributed by atoms with Crippen LogP contribution in [0.3, 0.4) is 0 Å². The Bertz CT molecular complexity index is 813. The average molecular weight is 341 g/mol. The average Bonchev–Trinajstić information content (AvgIpc) is 2.81. The third kappa shape index (κ3) is 3.22. The molecule has 24 heavy (non-hydrogen) atoms. The fraction of sp³-hybridized carbons (Fsp3) is 0.368. The monoisotopic (exact) mass is 341 g/mol. The number of rotatable bonds is 5. The second kappa shape index (κ2) is 7.18. The zero-order valence-electron chi connectivity index (χ0n) is 14.2. The van der Waals surface area contributed by atoms with Gasteiger partial charge in [-0.15, -0.1) is 11.3 Å². The van der Waals surface area contributed by atoms with Crippen LogP contribution in [-0.4, -0.2) is 29.7 Å². The lowest BCUT2D eigenvalue weighted by Gasteiger charge is -2.22. The van der Waals surface area contributed by atoms with E-state index in [4.69, 9.17) is 5.73 Å². The lowest BCUT2D eigenvalue weighted by Crippen LogP contribution is -2.34. The molecular formula is C19H23N3OS. The molecule has 0 bridgehead atoms. The van der Waals surface area contributed by atoms with Crippen molar-refractivity contribution in [1.82, 2.24) is 4.90 Å². The van der Waals surface area contributed by atoms with Gasteiger partial charge in [-0.05, 0) is 25.0 Å². The Morgan fingerprint density at radius 2 is 1.96 bits per heavy atom. The van der Waals surface area contributed by atoms with E-state index in [1.807, 2.05) is 23.1 Å². The van der Waals surface area contributed by atoms with Gasteiger partial charge in [-0.1, -0.05) is 32.0 Å². The Labute approximate surface area is 146 Å². The Hall–Kier alpha value is -2.14. The topological polar surface area (TPSA) is 58.7 Å². The van der Waals surface area contributed by atoms with Gasteiger partial charge in [0.25, 0.3) is 0 Å². The number of carbonyl (C=O) groups excluding carboxylic acids is 1. The van der Waals surface area contributed by atoms with E-state index in [0.29, 0.717) is 12.3 Å². The van der Waals surface area contributed by atoms with Crippen molar-refractivity contribution in [3.05, 3.63) is 34.7 Å². The Kier molecular flexibility index (Phi) is 5.00. The molecule has 0 radical (unpaired) electrons. The molecule has 0 saturated heterocycles. The Balaban J connectivity index is 2.03. The lowest BCUT2D eigenvalue weighted by molar-refractivity contribution is -0.127. The minimum Gasteiger partial charge on any atom is -0.387 e. The van der Waals surface area contributed by atoms with Crippen LogP contribution in [0, 0.1) is 0 Å². The van der Waals surface area contributed by atoms with Gasteiger partial charge >= 0.3 is 0 Å². The van der Waals surface area contributed by atoms with E-state index in [1.54, 1.807) is 11.3 Å². The van der Waals surface area contributed by atoms with Crippen LogP contribution in [0.25, 0.3) is 16.2 Å². The molecule has 2 aromatic rings. The molecule has 0 saturated carbocycles. The fourth-order valence-corrected chi connectivity index (χ4v) is 4.16. The van der Waals surface area contributed by atoms with Crippen LogP contribution in [0.4, 0.5) is 5.69 Å². The predicted molar refractivity (Wildman–Crippen MR) is 103 cm³/mol. The van der Waals surface area contributed by atoms with E-state index in [1.165, 1.54) is 4.70 Å². The second-order valence-electron chi connectivity index (χ2n) is 6.05. The molecule has 1 aliphatic rings. The zero-order chi connectivity index (χ0) is 17.1. The van der Waals surface area contributed by atoms with Crippen LogP contribution in [0.2, 0.25) is 0 Å². The first-order chi connectivity index (χ1) is 11.6. The molecule has 0 spiro atoms. The van der Waals surface area contributed by atoms with Gasteiger partial charge in [-0.2, -0.15) is 0 Å². The number of hydrogen-bond acceptors (Lipinski definition) is 4. The van der Waals surface area contributed by atoms with Gasteiger partial charge in [-0.3, -0.25) is 4.79 Å². The number of benzene rings is 1. The molecule has 1 aromatic carbocycles. The first-order valence-corrected chi connectivity index (χ1v) is 9.30. The summed E-state index contributed by atoms with van der Waals surface area (Å²) in [5, 5.41) is 1.10. The van der Waals surface area contributed by atoms with Crippen molar-refractivity contribution in [2.45, 2.75) is 33.1 Å². The summed E-state index contributed by atoms with van der Waals surface area (Å²) in [5.74, 6) is 0.590. The summed E-state index contributed by atoms with van der Waals surface area (Å²) >= 11 is 1.66. The maximum Gasteiger partial charge on any atom is 0.250 e. The molecule has 0 aliphatic carbocycles. The Morgan fingerprint density at radius 1 is 1.25 bits per heavy atom. The molecule has 0 unspecified atom stereocenters. The van der Waals surface area contributed by atoms with Gasteiger partial charge in [0.15, 0.2) is 0 Å². The van der Waals surface area contributed by atoms with Crippen molar-refractivity contribution in [3.63, 3.8) is 0 Å². The van der Waals surface area contributed by atoms with Gasteiger partial charge in [0.05, 0.1) is 10.6 Å². The third-order valence-electron chi connectivity index (χ3n) is 4.08. The normalized spacial score (nSPS) is 13.9. The fourth-order valence-electron chi connectivity index (χ4n) is 3.05. The van der Waals surface area contributed by atoms with Crippen molar-refractivity contribution < 1.29 is 4.79 Å². The summed E-state index contributed by atoms with van der Waals surface area (Å²) in [5.41, 5.74) is 7.76. The maximum absolute atomic E-state index is 13.0. The summed E-state index contributed by atoms with van der Waals surface area (Å²) in [6, 6.07) is 8.16. The van der Waals surface area contributed by atoms with Gasteiger partial charge in [0.2, 0.25) is 5.91 Å². The molecule has 2 heterocycles. The number of fused-ring (bicyclic) bond motifs is 3. The molecule has 0 atom stereocenters. The SMILES string of the molecule is CCCN(CCC)C(=O)C1=Cc2sc3ccccc3c2N=C(N)C1. The highest BCUT2D eigenvalue weighted by Crippen LogP contribution is 2.41. The van der Waals surface area contributed by atoms with Gasteiger partial charge in [0.1, 0.15) is 5.84 Å². The van der Waals surface area contributed by atoms with E-state index in [9.17, 15) is 4.79 Å². The summed E-state index contributed by atoms with van der Waals surface area (Å²) in [4.78, 5) is 20.5. The Morgan fingerprint density at radius 3 is 2.67 bits per heavy atom. The summed E-state index contributed by atoms with van der Waals surface area (Å²) in [6.07, 6.45) is 4.32. The quantitative estimate of drug-likeness (QED) is 0.880. The minimum atomic E-state index is 0.0853. The third-order valence-corrected chi connectivity index (χ3v) is 5.18.